The summed E-state index contributed by atoms with van der Waals surface area (Å²) in [6.07, 6.45) is 0. The van der Waals surface area contributed by atoms with Gasteiger partial charge in [-0.2, -0.15) is 0 Å². The van der Waals surface area contributed by atoms with E-state index in [0.717, 1.165) is 18.8 Å². The van der Waals surface area contributed by atoms with Crippen LogP contribution < -0.4 is 10.6 Å². The molecule has 0 bridgehead atoms. The molecule has 2 atom stereocenters. The fourth-order valence-corrected chi connectivity index (χ4v) is 2.34. The summed E-state index contributed by atoms with van der Waals surface area (Å²) in [6, 6.07) is 9.34. The highest BCUT2D eigenvalue weighted by atomic mass is 15.3. The molecule has 0 saturated carbocycles. The van der Waals surface area contributed by atoms with E-state index in [4.69, 9.17) is 5.73 Å². The van der Waals surface area contributed by atoms with Crippen molar-refractivity contribution in [3.05, 3.63) is 24.3 Å². The van der Waals surface area contributed by atoms with Gasteiger partial charge in [-0.15, -0.1) is 0 Å². The van der Waals surface area contributed by atoms with E-state index < -0.39 is 0 Å². The molecule has 16 heavy (non-hydrogen) atoms. The summed E-state index contributed by atoms with van der Waals surface area (Å²) in [5.74, 6) is 0. The summed E-state index contributed by atoms with van der Waals surface area (Å²) < 4.78 is 0. The number of benzene rings is 1. The minimum atomic E-state index is 0.588. The molecule has 1 aliphatic heterocycles. The van der Waals surface area contributed by atoms with Crippen LogP contribution in [-0.2, 0) is 0 Å². The van der Waals surface area contributed by atoms with Gasteiger partial charge in [-0.1, -0.05) is 6.07 Å². The first-order valence-electron chi connectivity index (χ1n) is 5.90. The van der Waals surface area contributed by atoms with E-state index >= 15 is 0 Å². The number of hydrogen-bond donors (Lipinski definition) is 1. The zero-order valence-electron chi connectivity index (χ0n) is 10.4. The predicted octanol–water partition coefficient (Wildman–Crippen LogP) is 1.80. The summed E-state index contributed by atoms with van der Waals surface area (Å²) in [7, 11) is 2.20. The lowest BCUT2D eigenvalue weighted by atomic mass is 10.1. The number of nitrogen functional groups attached to an aromatic ring is 1. The Morgan fingerprint density at radius 1 is 1.19 bits per heavy atom. The van der Waals surface area contributed by atoms with Crippen molar-refractivity contribution in [2.24, 2.45) is 0 Å². The molecule has 1 aromatic rings. The Morgan fingerprint density at radius 3 is 2.38 bits per heavy atom. The molecule has 2 rings (SSSR count). The topological polar surface area (TPSA) is 32.5 Å². The molecular formula is C13H21N3. The van der Waals surface area contributed by atoms with Crippen molar-refractivity contribution >= 4 is 11.4 Å². The molecule has 2 N–H and O–H groups in total. The smallest absolute Gasteiger partial charge is 0.0387 e. The summed E-state index contributed by atoms with van der Waals surface area (Å²) in [6.45, 7) is 6.69. The zero-order valence-corrected chi connectivity index (χ0v) is 10.4. The second-order valence-corrected chi connectivity index (χ2v) is 4.86. The first kappa shape index (κ1) is 11.3. The van der Waals surface area contributed by atoms with E-state index in [1.165, 1.54) is 5.69 Å². The highest BCUT2D eigenvalue weighted by Gasteiger charge is 2.26. The molecule has 3 heteroatoms. The highest BCUT2D eigenvalue weighted by molar-refractivity contribution is 5.56. The third-order valence-corrected chi connectivity index (χ3v) is 3.60. The Labute approximate surface area is 97.8 Å². The van der Waals surface area contributed by atoms with Gasteiger partial charge in [-0.05, 0) is 39.1 Å². The largest absolute Gasteiger partial charge is 0.399 e. The van der Waals surface area contributed by atoms with Crippen LogP contribution in [0.3, 0.4) is 0 Å². The van der Waals surface area contributed by atoms with Crippen molar-refractivity contribution in [3.63, 3.8) is 0 Å². The molecule has 0 amide bonds. The van der Waals surface area contributed by atoms with E-state index in [1.807, 2.05) is 12.1 Å². The average Bonchev–Trinajstić information content (AvgIpc) is 2.25. The van der Waals surface area contributed by atoms with Crippen molar-refractivity contribution in [1.82, 2.24) is 4.90 Å². The quantitative estimate of drug-likeness (QED) is 0.731. The van der Waals surface area contributed by atoms with Crippen molar-refractivity contribution in [2.75, 3.05) is 30.8 Å². The van der Waals surface area contributed by atoms with Gasteiger partial charge in [-0.25, -0.2) is 0 Å². The molecule has 0 aliphatic carbocycles. The molecule has 1 heterocycles. The SMILES string of the molecule is C[C@@H]1CN(c2cccc(N)c2)C[C@H](C)N1C. The van der Waals surface area contributed by atoms with E-state index in [9.17, 15) is 0 Å². The van der Waals surface area contributed by atoms with Crippen LogP contribution in [0.5, 0.6) is 0 Å². The van der Waals surface area contributed by atoms with Crippen LogP contribution >= 0.6 is 0 Å². The lowest BCUT2D eigenvalue weighted by Crippen LogP contribution is -2.55. The van der Waals surface area contributed by atoms with Crippen LogP contribution in [-0.4, -0.2) is 37.1 Å². The van der Waals surface area contributed by atoms with Gasteiger partial charge in [0.15, 0.2) is 0 Å². The first-order valence-corrected chi connectivity index (χ1v) is 5.90. The number of rotatable bonds is 1. The molecule has 1 fully saturated rings. The summed E-state index contributed by atoms with van der Waals surface area (Å²) in [5.41, 5.74) is 7.91. The van der Waals surface area contributed by atoms with E-state index in [0.29, 0.717) is 12.1 Å². The van der Waals surface area contributed by atoms with Gasteiger partial charge in [0.25, 0.3) is 0 Å². The van der Waals surface area contributed by atoms with Crippen LogP contribution in [0.1, 0.15) is 13.8 Å². The van der Waals surface area contributed by atoms with E-state index in [2.05, 4.69) is 42.8 Å². The Morgan fingerprint density at radius 2 is 1.81 bits per heavy atom. The molecule has 1 saturated heterocycles. The molecule has 0 unspecified atom stereocenters. The van der Waals surface area contributed by atoms with Crippen molar-refractivity contribution in [1.29, 1.82) is 0 Å². The number of piperazine rings is 1. The molecule has 1 aliphatic rings. The summed E-state index contributed by atoms with van der Waals surface area (Å²) in [4.78, 5) is 4.86. The number of likely N-dealkylation sites (N-methyl/N-ethyl adjacent to an activating group) is 1. The van der Waals surface area contributed by atoms with Crippen LogP contribution in [0.4, 0.5) is 11.4 Å². The van der Waals surface area contributed by atoms with Gasteiger partial charge in [0, 0.05) is 36.5 Å². The Balaban J connectivity index is 2.17. The number of nitrogens with two attached hydrogens (primary N) is 1. The third-order valence-electron chi connectivity index (χ3n) is 3.60. The maximum absolute atomic E-state index is 5.82. The van der Waals surface area contributed by atoms with E-state index in [1.54, 1.807) is 0 Å². The Kier molecular flexibility index (Phi) is 3.06. The second-order valence-electron chi connectivity index (χ2n) is 4.86. The fourth-order valence-electron chi connectivity index (χ4n) is 2.34. The fraction of sp³-hybridized carbons (Fsp3) is 0.538. The van der Waals surface area contributed by atoms with Crippen molar-refractivity contribution in [2.45, 2.75) is 25.9 Å². The lowest BCUT2D eigenvalue weighted by molar-refractivity contribution is 0.170. The minimum Gasteiger partial charge on any atom is -0.399 e. The standard InChI is InChI=1S/C13H21N3/c1-10-8-16(9-11(2)15(10)3)13-6-4-5-12(14)7-13/h4-7,10-11H,8-9,14H2,1-3H3/t10-,11+. The van der Waals surface area contributed by atoms with Crippen LogP contribution in [0.15, 0.2) is 24.3 Å². The van der Waals surface area contributed by atoms with Gasteiger partial charge in [0.05, 0.1) is 0 Å². The molecular weight excluding hydrogens is 198 g/mol. The first-order chi connectivity index (χ1) is 7.58. The molecule has 0 aromatic heterocycles. The molecule has 88 valence electrons. The maximum atomic E-state index is 5.82. The molecule has 0 spiro atoms. The average molecular weight is 219 g/mol. The van der Waals surface area contributed by atoms with Gasteiger partial charge < -0.3 is 10.6 Å². The highest BCUT2D eigenvalue weighted by Crippen LogP contribution is 2.22. The third kappa shape index (κ3) is 2.14. The van der Waals surface area contributed by atoms with Crippen LogP contribution in [0.2, 0.25) is 0 Å². The van der Waals surface area contributed by atoms with Crippen molar-refractivity contribution < 1.29 is 0 Å². The number of hydrogen-bond acceptors (Lipinski definition) is 3. The van der Waals surface area contributed by atoms with Gasteiger partial charge in [0.1, 0.15) is 0 Å². The van der Waals surface area contributed by atoms with Crippen LogP contribution in [0.25, 0.3) is 0 Å². The van der Waals surface area contributed by atoms with Crippen molar-refractivity contribution in [3.8, 4) is 0 Å². The van der Waals surface area contributed by atoms with E-state index in [-0.39, 0.29) is 0 Å². The Bertz CT molecular complexity index is 352. The normalized spacial score (nSPS) is 27.1. The molecule has 3 nitrogen and oxygen atoms in total. The predicted molar refractivity (Wildman–Crippen MR) is 69.8 cm³/mol. The number of nitrogens with zero attached hydrogens (tertiary/aromatic N) is 2. The van der Waals surface area contributed by atoms with Gasteiger partial charge in [0.2, 0.25) is 0 Å². The molecule has 0 radical (unpaired) electrons. The summed E-state index contributed by atoms with van der Waals surface area (Å²) >= 11 is 0. The Hall–Kier alpha value is -1.22. The number of anilines is 2. The zero-order chi connectivity index (χ0) is 11.7. The lowest BCUT2D eigenvalue weighted by Gasteiger charge is -2.43. The molecule has 1 aromatic carbocycles. The van der Waals surface area contributed by atoms with Gasteiger partial charge >= 0.3 is 0 Å². The monoisotopic (exact) mass is 219 g/mol. The maximum Gasteiger partial charge on any atom is 0.0387 e. The van der Waals surface area contributed by atoms with Gasteiger partial charge in [-0.3, -0.25) is 4.90 Å². The summed E-state index contributed by atoms with van der Waals surface area (Å²) in [5, 5.41) is 0. The minimum absolute atomic E-state index is 0.588. The second kappa shape index (κ2) is 4.34. The van der Waals surface area contributed by atoms with Crippen LogP contribution in [0, 0.1) is 0 Å².